The van der Waals surface area contributed by atoms with Crippen molar-refractivity contribution in [2.45, 2.75) is 97.8 Å². The molecule has 0 unspecified atom stereocenters. The number of amides is 8. The highest BCUT2D eigenvalue weighted by atomic mass is 19.4. The third-order valence-corrected chi connectivity index (χ3v) is 13.0. The van der Waals surface area contributed by atoms with Crippen LogP contribution in [0.15, 0.2) is 97.1 Å². The molecule has 0 bridgehead atoms. The van der Waals surface area contributed by atoms with Crippen molar-refractivity contribution in [1.82, 2.24) is 40.9 Å². The maximum absolute atomic E-state index is 13.1. The van der Waals surface area contributed by atoms with E-state index in [0.717, 1.165) is 51.7 Å². The Bertz CT molecular complexity index is 2670. The van der Waals surface area contributed by atoms with Crippen molar-refractivity contribution < 1.29 is 55.1 Å². The first-order chi connectivity index (χ1) is 36.6. The van der Waals surface area contributed by atoms with Gasteiger partial charge < -0.3 is 41.7 Å². The van der Waals surface area contributed by atoms with Crippen molar-refractivity contribution in [3.05, 3.63) is 130 Å². The van der Waals surface area contributed by atoms with E-state index >= 15 is 0 Å². The van der Waals surface area contributed by atoms with Gasteiger partial charge >= 0.3 is 24.4 Å². The van der Waals surface area contributed by atoms with E-state index in [0.29, 0.717) is 107 Å². The van der Waals surface area contributed by atoms with Gasteiger partial charge in [0.1, 0.15) is 11.1 Å². The molecule has 2 aliphatic rings. The summed E-state index contributed by atoms with van der Waals surface area (Å²) in [6.45, 7) is 16.4. The Morgan fingerprint density at radius 1 is 0.513 bits per heavy atom. The third kappa shape index (κ3) is 18.5. The summed E-state index contributed by atoms with van der Waals surface area (Å²) in [6.07, 6.45) is -7.24. The second-order valence-corrected chi connectivity index (χ2v) is 20.8. The van der Waals surface area contributed by atoms with Gasteiger partial charge in [-0.15, -0.1) is 0 Å². The average molecular weight is 1100 g/mol. The molecular formula is C56H72F6N10O6. The average Bonchev–Trinajstić information content (AvgIpc) is 3.38. The van der Waals surface area contributed by atoms with Gasteiger partial charge in [-0.2, -0.15) is 26.3 Å². The van der Waals surface area contributed by atoms with Crippen molar-refractivity contribution in [2.24, 2.45) is 5.92 Å². The van der Waals surface area contributed by atoms with Crippen LogP contribution in [0.4, 0.5) is 47.3 Å². The summed E-state index contributed by atoms with van der Waals surface area (Å²) < 4.78 is 78.8. The monoisotopic (exact) mass is 1090 g/mol. The van der Waals surface area contributed by atoms with E-state index in [1.165, 1.54) is 12.1 Å². The molecule has 16 nitrogen and oxygen atoms in total. The summed E-state index contributed by atoms with van der Waals surface area (Å²) in [5.41, 5.74) is -0.521. The normalized spacial score (nSPS) is 14.6. The molecule has 2 heterocycles. The maximum atomic E-state index is 13.1. The van der Waals surface area contributed by atoms with E-state index in [4.69, 9.17) is 0 Å². The van der Waals surface area contributed by atoms with Gasteiger partial charge in [-0.05, 0) is 124 Å². The van der Waals surface area contributed by atoms with Gasteiger partial charge in [0.15, 0.2) is 0 Å². The van der Waals surface area contributed by atoms with Crippen LogP contribution in [-0.4, -0.2) is 144 Å². The summed E-state index contributed by atoms with van der Waals surface area (Å²) in [4.78, 5) is 82.4. The van der Waals surface area contributed by atoms with Crippen LogP contribution in [0.1, 0.15) is 114 Å². The fraction of sp³-hybridized carbons (Fsp3) is 0.464. The molecule has 0 atom stereocenters. The zero-order chi connectivity index (χ0) is 57.4. The van der Waals surface area contributed by atoms with Gasteiger partial charge in [0.25, 0.3) is 23.6 Å². The van der Waals surface area contributed by atoms with Crippen LogP contribution in [-0.2, 0) is 13.1 Å². The minimum absolute atomic E-state index is 0.0976. The molecule has 6 N–H and O–H groups in total. The van der Waals surface area contributed by atoms with Crippen molar-refractivity contribution >= 4 is 47.1 Å². The van der Waals surface area contributed by atoms with Gasteiger partial charge in [-0.1, -0.05) is 51.5 Å². The largest absolute Gasteiger partial charge is 0.410 e. The standard InChI is InChI=1S/2C28H36F3N5O3/c1-19(2)17-32-26(39)33-23-10-8-21(9-11-23)25(38)36-14-12-35(13-15-36)18-20-6-5-7-22(16-20)24(37)34-27(3,4)28(29,30)31;1-4-5-13-32-26(39)33-23-11-9-21(10-12-23)25(38)36-16-14-35(15-17-36)19-20-7-6-8-22(18-20)24(37)34-27(2,3)28(29,30)31/h5-11,16,19H,12-15,17-18H2,1-4H3,(H,34,37)(H2,32,33,39);6-12,18H,4-5,13-17,19H2,1-3H3,(H,34,37)(H2,32,33,39). The lowest BCUT2D eigenvalue weighted by molar-refractivity contribution is -0.183. The van der Waals surface area contributed by atoms with Gasteiger partial charge in [-0.3, -0.25) is 29.0 Å². The molecule has 0 aromatic heterocycles. The molecule has 8 amide bonds. The molecule has 78 heavy (non-hydrogen) atoms. The molecular weight excluding hydrogens is 1020 g/mol. The summed E-state index contributed by atoms with van der Waals surface area (Å²) in [5.74, 6) is -1.43. The first-order valence-corrected chi connectivity index (χ1v) is 25.9. The molecule has 4 aromatic carbocycles. The first kappa shape index (κ1) is 61.7. The Balaban J connectivity index is 0.000000287. The summed E-state index contributed by atoms with van der Waals surface area (Å²) >= 11 is 0. The van der Waals surface area contributed by atoms with E-state index in [-0.39, 0.29) is 35.0 Å². The Labute approximate surface area is 452 Å². The van der Waals surface area contributed by atoms with Crippen LogP contribution in [0.25, 0.3) is 0 Å². The minimum Gasteiger partial charge on any atom is -0.338 e. The third-order valence-electron chi connectivity index (χ3n) is 13.0. The Morgan fingerprint density at radius 2 is 0.885 bits per heavy atom. The Morgan fingerprint density at radius 3 is 1.23 bits per heavy atom. The van der Waals surface area contributed by atoms with Gasteiger partial charge in [0.05, 0.1) is 0 Å². The summed E-state index contributed by atoms with van der Waals surface area (Å²) in [7, 11) is 0. The second-order valence-electron chi connectivity index (χ2n) is 20.8. The number of alkyl halides is 6. The number of carbonyl (C=O) groups is 6. The van der Waals surface area contributed by atoms with E-state index < -0.39 is 35.2 Å². The van der Waals surface area contributed by atoms with E-state index in [9.17, 15) is 55.1 Å². The topological polar surface area (TPSA) is 188 Å². The molecule has 0 aliphatic carbocycles. The molecule has 6 rings (SSSR count). The number of nitrogens with zero attached hydrogens (tertiary/aromatic N) is 4. The zero-order valence-corrected chi connectivity index (χ0v) is 45.2. The number of carbonyl (C=O) groups excluding carboxylic acids is 6. The first-order valence-electron chi connectivity index (χ1n) is 25.9. The number of rotatable bonds is 17. The lowest BCUT2D eigenvalue weighted by Gasteiger charge is -2.35. The Hall–Kier alpha value is -7.20. The highest BCUT2D eigenvalue weighted by Gasteiger charge is 2.49. The van der Waals surface area contributed by atoms with E-state index in [2.05, 4.69) is 41.7 Å². The number of hydrogen-bond donors (Lipinski definition) is 6. The maximum Gasteiger partial charge on any atom is 0.410 e. The molecule has 2 fully saturated rings. The molecule has 0 spiro atoms. The molecule has 424 valence electrons. The smallest absolute Gasteiger partial charge is 0.338 e. The van der Waals surface area contributed by atoms with Gasteiger partial charge in [0, 0.05) is 112 Å². The van der Waals surface area contributed by atoms with Crippen LogP contribution < -0.4 is 31.9 Å². The number of benzene rings is 4. The molecule has 2 saturated heterocycles. The van der Waals surface area contributed by atoms with Crippen LogP contribution >= 0.6 is 0 Å². The lowest BCUT2D eigenvalue weighted by atomic mass is 10.0. The number of halogens is 6. The SMILES string of the molecule is CC(C)CNC(=O)Nc1ccc(C(=O)N2CCN(Cc3cccc(C(=O)NC(C)(C)C(F)(F)F)c3)CC2)cc1.CCCCNC(=O)Nc1ccc(C(=O)N2CCN(Cc3cccc(C(=O)NC(C)(C)C(F)(F)F)c3)CC2)cc1. The highest BCUT2D eigenvalue weighted by molar-refractivity contribution is 5.97. The minimum atomic E-state index is -4.57. The van der Waals surface area contributed by atoms with Crippen LogP contribution in [0.5, 0.6) is 0 Å². The number of piperazine rings is 2. The highest BCUT2D eigenvalue weighted by Crippen LogP contribution is 2.31. The lowest BCUT2D eigenvalue weighted by Crippen LogP contribution is -2.54. The second kappa shape index (κ2) is 27.4. The molecule has 22 heteroatoms. The molecule has 2 aliphatic heterocycles. The molecule has 0 saturated carbocycles. The number of anilines is 2. The van der Waals surface area contributed by atoms with Crippen molar-refractivity contribution in [3.8, 4) is 0 Å². The van der Waals surface area contributed by atoms with Crippen LogP contribution in [0.2, 0.25) is 0 Å². The fourth-order valence-corrected chi connectivity index (χ4v) is 7.99. The summed E-state index contributed by atoms with van der Waals surface area (Å²) in [5, 5.41) is 15.1. The van der Waals surface area contributed by atoms with Crippen LogP contribution in [0, 0.1) is 5.92 Å². The summed E-state index contributed by atoms with van der Waals surface area (Å²) in [6, 6.07) is 26.1. The number of hydrogen-bond acceptors (Lipinski definition) is 8. The van der Waals surface area contributed by atoms with Gasteiger partial charge in [0.2, 0.25) is 0 Å². The number of nitrogens with one attached hydrogen (secondary N) is 6. The predicted molar refractivity (Wildman–Crippen MR) is 287 cm³/mol. The molecule has 4 aromatic rings. The van der Waals surface area contributed by atoms with E-state index in [1.54, 1.807) is 82.6 Å². The van der Waals surface area contributed by atoms with Crippen LogP contribution in [0.3, 0.4) is 0 Å². The van der Waals surface area contributed by atoms with Crippen molar-refractivity contribution in [3.63, 3.8) is 0 Å². The van der Waals surface area contributed by atoms with Gasteiger partial charge in [-0.25, -0.2) is 9.59 Å². The van der Waals surface area contributed by atoms with E-state index in [1.807, 2.05) is 32.9 Å². The quantitative estimate of drug-likeness (QED) is 0.0446. The number of unbranched alkanes of at least 4 members (excludes halogenated alkanes) is 1. The van der Waals surface area contributed by atoms with Crippen molar-refractivity contribution in [2.75, 3.05) is 76.1 Å². The Kier molecular flexibility index (Phi) is 21.7. The number of urea groups is 2. The zero-order valence-electron chi connectivity index (χ0n) is 45.2. The van der Waals surface area contributed by atoms with Crippen molar-refractivity contribution in [1.29, 1.82) is 0 Å². The fourth-order valence-electron chi connectivity index (χ4n) is 7.99. The molecule has 0 radical (unpaired) electrons. The predicted octanol–water partition coefficient (Wildman–Crippen LogP) is 9.13.